The Morgan fingerprint density at radius 1 is 1.29 bits per heavy atom. The minimum Gasteiger partial charge on any atom is -0.371 e. The van der Waals surface area contributed by atoms with Crippen LogP contribution in [0.5, 0.6) is 0 Å². The van der Waals surface area contributed by atoms with E-state index < -0.39 is 4.92 Å². The lowest BCUT2D eigenvalue weighted by Crippen LogP contribution is -2.34. The number of nitrogens with one attached hydrogen (secondary N) is 1. The molecule has 1 saturated heterocycles. The first kappa shape index (κ1) is 20.1. The summed E-state index contributed by atoms with van der Waals surface area (Å²) in [5.74, 6) is 0.330. The molecule has 2 unspecified atom stereocenters. The number of anilines is 1. The van der Waals surface area contributed by atoms with Crippen molar-refractivity contribution in [3.63, 3.8) is 0 Å². The molecule has 1 fully saturated rings. The highest BCUT2D eigenvalue weighted by molar-refractivity contribution is 6.32. The van der Waals surface area contributed by atoms with Gasteiger partial charge in [0.15, 0.2) is 0 Å². The SMILES string of the molecule is CC1CCCN(c2ccc(C(C)NC(=O)c3ccc(Cl)c([N+](=O)[O-])c3)cc2)C1. The zero-order chi connectivity index (χ0) is 20.3. The lowest BCUT2D eigenvalue weighted by molar-refractivity contribution is -0.384. The zero-order valence-corrected chi connectivity index (χ0v) is 16.8. The van der Waals surface area contributed by atoms with E-state index in [1.54, 1.807) is 0 Å². The predicted molar refractivity (Wildman–Crippen MR) is 111 cm³/mol. The smallest absolute Gasteiger partial charge is 0.288 e. The molecule has 1 aliphatic rings. The van der Waals surface area contributed by atoms with Crippen molar-refractivity contribution in [3.8, 4) is 0 Å². The van der Waals surface area contributed by atoms with Gasteiger partial charge in [-0.25, -0.2) is 0 Å². The van der Waals surface area contributed by atoms with E-state index in [0.717, 1.165) is 18.7 Å². The molecule has 7 heteroatoms. The Hall–Kier alpha value is -2.60. The Morgan fingerprint density at radius 2 is 2.00 bits per heavy atom. The maximum absolute atomic E-state index is 12.5. The third kappa shape index (κ3) is 4.62. The van der Waals surface area contributed by atoms with Crippen LogP contribution in [0.4, 0.5) is 11.4 Å². The number of hydrogen-bond donors (Lipinski definition) is 1. The fraction of sp³-hybridized carbons (Fsp3) is 0.381. The minimum absolute atomic E-state index is 0.0113. The van der Waals surface area contributed by atoms with Crippen molar-refractivity contribution in [2.45, 2.75) is 32.7 Å². The number of nitro groups is 1. The number of amides is 1. The van der Waals surface area contributed by atoms with Crippen molar-refractivity contribution in [1.82, 2.24) is 5.32 Å². The largest absolute Gasteiger partial charge is 0.371 e. The molecule has 0 aliphatic carbocycles. The Morgan fingerprint density at radius 3 is 2.64 bits per heavy atom. The zero-order valence-electron chi connectivity index (χ0n) is 16.0. The molecule has 1 amide bonds. The van der Waals surface area contributed by atoms with Gasteiger partial charge in [0.25, 0.3) is 11.6 Å². The molecule has 2 atom stereocenters. The molecule has 2 aromatic rings. The van der Waals surface area contributed by atoms with E-state index in [4.69, 9.17) is 11.6 Å². The fourth-order valence-electron chi connectivity index (χ4n) is 3.55. The molecule has 3 rings (SSSR count). The highest BCUT2D eigenvalue weighted by atomic mass is 35.5. The van der Waals surface area contributed by atoms with Crippen LogP contribution in [0, 0.1) is 16.0 Å². The molecule has 6 nitrogen and oxygen atoms in total. The number of rotatable bonds is 5. The summed E-state index contributed by atoms with van der Waals surface area (Å²) in [5, 5.41) is 13.9. The van der Waals surface area contributed by atoms with E-state index in [1.807, 2.05) is 19.1 Å². The van der Waals surface area contributed by atoms with Crippen molar-refractivity contribution < 1.29 is 9.72 Å². The molecule has 0 aromatic heterocycles. The number of nitro benzene ring substituents is 1. The van der Waals surface area contributed by atoms with Gasteiger partial charge in [0.1, 0.15) is 5.02 Å². The third-order valence-corrected chi connectivity index (χ3v) is 5.49. The summed E-state index contributed by atoms with van der Waals surface area (Å²) < 4.78 is 0. The van der Waals surface area contributed by atoms with Crippen LogP contribution >= 0.6 is 11.6 Å². The summed E-state index contributed by atoms with van der Waals surface area (Å²) in [6.07, 6.45) is 2.49. The molecule has 28 heavy (non-hydrogen) atoms. The average Bonchev–Trinajstić information content (AvgIpc) is 2.68. The van der Waals surface area contributed by atoms with Gasteiger partial charge in [0.2, 0.25) is 0 Å². The summed E-state index contributed by atoms with van der Waals surface area (Å²) >= 11 is 5.81. The van der Waals surface area contributed by atoms with E-state index >= 15 is 0 Å². The molecule has 1 aliphatic heterocycles. The third-order valence-electron chi connectivity index (χ3n) is 5.17. The second kappa shape index (κ2) is 8.61. The standard InChI is InChI=1S/C21H24ClN3O3/c1-14-4-3-11-24(13-14)18-8-5-16(6-9-18)15(2)23-21(26)17-7-10-19(22)20(12-17)25(27)28/h5-10,12,14-15H,3-4,11,13H2,1-2H3,(H,23,26). The van der Waals surface area contributed by atoms with Crippen molar-refractivity contribution in [3.05, 3.63) is 68.7 Å². The van der Waals surface area contributed by atoms with Gasteiger partial charge in [-0.3, -0.25) is 14.9 Å². The first-order chi connectivity index (χ1) is 13.3. The Balaban J connectivity index is 1.67. The molecule has 0 bridgehead atoms. The summed E-state index contributed by atoms with van der Waals surface area (Å²) in [7, 11) is 0. The number of benzene rings is 2. The highest BCUT2D eigenvalue weighted by Crippen LogP contribution is 2.26. The van der Waals surface area contributed by atoms with Gasteiger partial charge in [-0.05, 0) is 55.5 Å². The molecular weight excluding hydrogens is 378 g/mol. The summed E-state index contributed by atoms with van der Waals surface area (Å²) in [6.45, 7) is 6.31. The van der Waals surface area contributed by atoms with Gasteiger partial charge in [-0.15, -0.1) is 0 Å². The number of nitrogens with zero attached hydrogens (tertiary/aromatic N) is 2. The maximum Gasteiger partial charge on any atom is 0.288 e. The second-order valence-corrected chi connectivity index (χ2v) is 7.81. The van der Waals surface area contributed by atoms with Crippen molar-refractivity contribution in [2.24, 2.45) is 5.92 Å². The number of carbonyl (C=O) groups is 1. The van der Waals surface area contributed by atoms with Gasteiger partial charge in [-0.2, -0.15) is 0 Å². The van der Waals surface area contributed by atoms with Crippen LogP contribution in [0.3, 0.4) is 0 Å². The summed E-state index contributed by atoms with van der Waals surface area (Å²) in [6, 6.07) is 12.0. The normalized spacial score (nSPS) is 17.8. The maximum atomic E-state index is 12.5. The van der Waals surface area contributed by atoms with E-state index in [-0.39, 0.29) is 28.2 Å². The van der Waals surface area contributed by atoms with Crippen LogP contribution in [0.15, 0.2) is 42.5 Å². The number of halogens is 1. The number of piperidine rings is 1. The fourth-order valence-corrected chi connectivity index (χ4v) is 3.74. The lowest BCUT2D eigenvalue weighted by atomic mass is 9.99. The van der Waals surface area contributed by atoms with Crippen LogP contribution in [0.25, 0.3) is 0 Å². The average molecular weight is 402 g/mol. The van der Waals surface area contributed by atoms with Crippen LogP contribution in [-0.4, -0.2) is 23.9 Å². The summed E-state index contributed by atoms with van der Waals surface area (Å²) in [4.78, 5) is 25.3. The Bertz CT molecular complexity index is 870. The highest BCUT2D eigenvalue weighted by Gasteiger charge is 2.19. The van der Waals surface area contributed by atoms with Crippen LogP contribution in [-0.2, 0) is 0 Å². The molecule has 1 N–H and O–H groups in total. The Kier molecular flexibility index (Phi) is 6.19. The first-order valence-electron chi connectivity index (χ1n) is 9.45. The first-order valence-corrected chi connectivity index (χ1v) is 9.82. The van der Waals surface area contributed by atoms with Gasteiger partial charge in [0.05, 0.1) is 11.0 Å². The molecule has 148 valence electrons. The van der Waals surface area contributed by atoms with Gasteiger partial charge in [0, 0.05) is 30.4 Å². The number of carbonyl (C=O) groups excluding carboxylic acids is 1. The van der Waals surface area contributed by atoms with E-state index in [1.165, 1.54) is 36.7 Å². The molecule has 0 saturated carbocycles. The van der Waals surface area contributed by atoms with Gasteiger partial charge >= 0.3 is 0 Å². The monoisotopic (exact) mass is 401 g/mol. The predicted octanol–water partition coefficient (Wildman–Crippen LogP) is 4.98. The van der Waals surface area contributed by atoms with Crippen molar-refractivity contribution >= 4 is 28.9 Å². The van der Waals surface area contributed by atoms with Gasteiger partial charge in [-0.1, -0.05) is 30.7 Å². The molecule has 1 heterocycles. The Labute approximate surface area is 169 Å². The van der Waals surface area contributed by atoms with Crippen LogP contribution in [0.2, 0.25) is 5.02 Å². The van der Waals surface area contributed by atoms with E-state index in [2.05, 4.69) is 29.3 Å². The lowest BCUT2D eigenvalue weighted by Gasteiger charge is -2.33. The van der Waals surface area contributed by atoms with Gasteiger partial charge < -0.3 is 10.2 Å². The topological polar surface area (TPSA) is 75.5 Å². The van der Waals surface area contributed by atoms with Crippen molar-refractivity contribution in [2.75, 3.05) is 18.0 Å². The summed E-state index contributed by atoms with van der Waals surface area (Å²) in [5.41, 5.74) is 2.11. The molecular formula is C21H24ClN3O3. The molecule has 2 aromatic carbocycles. The quantitative estimate of drug-likeness (QED) is 0.566. The van der Waals surface area contributed by atoms with Crippen molar-refractivity contribution in [1.29, 1.82) is 0 Å². The van der Waals surface area contributed by atoms with Crippen LogP contribution < -0.4 is 10.2 Å². The van der Waals surface area contributed by atoms with E-state index in [0.29, 0.717) is 5.92 Å². The second-order valence-electron chi connectivity index (χ2n) is 7.40. The van der Waals surface area contributed by atoms with E-state index in [9.17, 15) is 14.9 Å². The molecule has 0 radical (unpaired) electrons. The molecule has 0 spiro atoms. The van der Waals surface area contributed by atoms with Crippen LogP contribution in [0.1, 0.15) is 48.7 Å². The number of hydrogen-bond acceptors (Lipinski definition) is 4. The minimum atomic E-state index is -0.595.